The van der Waals surface area contributed by atoms with E-state index in [-0.39, 0.29) is 23.4 Å². The highest BCUT2D eigenvalue weighted by Crippen LogP contribution is 2.38. The number of allylic oxidation sites excluding steroid dienone is 5. The average molecular weight is 389 g/mol. The summed E-state index contributed by atoms with van der Waals surface area (Å²) in [5.74, 6) is -0.377. The van der Waals surface area contributed by atoms with Crippen LogP contribution < -0.4 is 11.5 Å². The second-order valence-corrected chi connectivity index (χ2v) is 6.90. The quantitative estimate of drug-likeness (QED) is 0.363. The van der Waals surface area contributed by atoms with E-state index in [1.807, 2.05) is 24.3 Å². The monoisotopic (exact) mass is 389 g/mol. The summed E-state index contributed by atoms with van der Waals surface area (Å²) in [4.78, 5) is 15.7. The minimum atomic E-state index is -0.503. The van der Waals surface area contributed by atoms with Gasteiger partial charge in [0.15, 0.2) is 5.96 Å². The van der Waals surface area contributed by atoms with Crippen LogP contribution in [0.25, 0.3) is 5.57 Å². The third-order valence-corrected chi connectivity index (χ3v) is 4.67. The normalized spacial score (nSPS) is 16.6. The van der Waals surface area contributed by atoms with Crippen molar-refractivity contribution in [2.45, 2.75) is 19.3 Å². The first kappa shape index (κ1) is 19.9. The number of phenols is 2. The summed E-state index contributed by atoms with van der Waals surface area (Å²) < 4.78 is 0. The van der Waals surface area contributed by atoms with E-state index in [0.29, 0.717) is 12.0 Å². The molecule has 0 fully saturated rings. The van der Waals surface area contributed by atoms with Gasteiger partial charge in [0.1, 0.15) is 11.5 Å². The molecule has 0 spiro atoms. The molecule has 0 saturated carbocycles. The summed E-state index contributed by atoms with van der Waals surface area (Å²) in [5, 5.41) is 19.7. The van der Waals surface area contributed by atoms with Crippen LogP contribution in [0.1, 0.15) is 30.4 Å². The van der Waals surface area contributed by atoms with Gasteiger partial charge in [0, 0.05) is 11.5 Å². The van der Waals surface area contributed by atoms with Gasteiger partial charge in [-0.3, -0.25) is 4.79 Å². The number of aromatic hydroxyl groups is 2. The Morgan fingerprint density at radius 3 is 2.45 bits per heavy atom. The lowest BCUT2D eigenvalue weighted by Crippen LogP contribution is -2.24. The lowest BCUT2D eigenvalue weighted by atomic mass is 9.82. The topological polar surface area (TPSA) is 122 Å². The van der Waals surface area contributed by atoms with Gasteiger partial charge in [-0.05, 0) is 66.0 Å². The van der Waals surface area contributed by atoms with Crippen molar-refractivity contribution < 1.29 is 15.0 Å². The molecule has 0 saturated heterocycles. The standard InChI is InChI=1S/C23H23N3O3/c1-14(22(29)26-23(24)25)10-18-9-8-16(15-4-2-6-19(27)11-15)13-21(18)17-5-3-7-20(28)12-17/h2-7,9-13,16,27-28H,8H2,1H3,(H4,24,25,26,29)/b14-10+. The number of phenolic OH excluding ortho intramolecular Hbond substituents is 2. The SMILES string of the molecule is C/C(=C\C1=CCC(c2cccc(O)c2)C=C1c1cccc(O)c1)C(=O)N=C(N)N. The summed E-state index contributed by atoms with van der Waals surface area (Å²) in [7, 11) is 0. The van der Waals surface area contributed by atoms with Gasteiger partial charge >= 0.3 is 0 Å². The van der Waals surface area contributed by atoms with Gasteiger partial charge in [0.25, 0.3) is 5.91 Å². The van der Waals surface area contributed by atoms with Crippen LogP contribution in [0, 0.1) is 0 Å². The third-order valence-electron chi connectivity index (χ3n) is 4.67. The number of nitrogens with zero attached hydrogens (tertiary/aromatic N) is 1. The van der Waals surface area contributed by atoms with Gasteiger partial charge < -0.3 is 21.7 Å². The maximum atomic E-state index is 12.1. The number of rotatable bonds is 4. The number of carbonyl (C=O) groups is 1. The van der Waals surface area contributed by atoms with E-state index >= 15 is 0 Å². The highest BCUT2D eigenvalue weighted by molar-refractivity contribution is 6.02. The fourth-order valence-corrected chi connectivity index (χ4v) is 3.29. The molecule has 6 nitrogen and oxygen atoms in total. The van der Waals surface area contributed by atoms with Crippen molar-refractivity contribution in [3.05, 3.63) is 89.0 Å². The Kier molecular flexibility index (Phi) is 5.83. The Bertz CT molecular complexity index is 1060. The zero-order valence-corrected chi connectivity index (χ0v) is 16.0. The number of carbonyl (C=O) groups excluding carboxylic acids is 1. The highest BCUT2D eigenvalue weighted by atomic mass is 16.3. The summed E-state index contributed by atoms with van der Waals surface area (Å²) in [5.41, 5.74) is 14.5. The number of hydrogen-bond acceptors (Lipinski definition) is 3. The van der Waals surface area contributed by atoms with E-state index in [1.54, 1.807) is 43.3 Å². The molecular weight excluding hydrogens is 366 g/mol. The maximum Gasteiger partial charge on any atom is 0.275 e. The number of amides is 1. The van der Waals surface area contributed by atoms with Gasteiger partial charge in [-0.25, -0.2) is 0 Å². The molecule has 2 aromatic carbocycles. The van der Waals surface area contributed by atoms with E-state index in [1.165, 1.54) is 0 Å². The Morgan fingerprint density at radius 1 is 1.10 bits per heavy atom. The van der Waals surface area contributed by atoms with Crippen molar-refractivity contribution >= 4 is 17.4 Å². The largest absolute Gasteiger partial charge is 0.508 e. The maximum absolute atomic E-state index is 12.1. The molecule has 0 heterocycles. The Balaban J connectivity index is 2.03. The van der Waals surface area contributed by atoms with E-state index in [4.69, 9.17) is 11.5 Å². The molecule has 3 rings (SSSR count). The van der Waals surface area contributed by atoms with Crippen LogP contribution in [0.4, 0.5) is 0 Å². The highest BCUT2D eigenvalue weighted by Gasteiger charge is 2.19. The molecule has 2 aromatic rings. The van der Waals surface area contributed by atoms with E-state index in [0.717, 1.165) is 22.3 Å². The molecule has 1 unspecified atom stereocenters. The lowest BCUT2D eigenvalue weighted by Gasteiger charge is -2.22. The molecule has 1 amide bonds. The second kappa shape index (κ2) is 8.48. The van der Waals surface area contributed by atoms with Gasteiger partial charge in [0.05, 0.1) is 0 Å². The smallest absolute Gasteiger partial charge is 0.275 e. The van der Waals surface area contributed by atoms with Gasteiger partial charge in [-0.1, -0.05) is 36.4 Å². The van der Waals surface area contributed by atoms with Crippen molar-refractivity contribution in [3.63, 3.8) is 0 Å². The summed E-state index contributed by atoms with van der Waals surface area (Å²) in [6, 6.07) is 14.1. The van der Waals surface area contributed by atoms with Crippen molar-refractivity contribution in [1.29, 1.82) is 0 Å². The van der Waals surface area contributed by atoms with Crippen molar-refractivity contribution in [2.24, 2.45) is 16.5 Å². The molecule has 1 atom stereocenters. The first-order valence-electron chi connectivity index (χ1n) is 9.16. The zero-order chi connectivity index (χ0) is 21.0. The molecule has 29 heavy (non-hydrogen) atoms. The molecule has 0 bridgehead atoms. The number of benzene rings is 2. The van der Waals surface area contributed by atoms with Crippen molar-refractivity contribution in [2.75, 3.05) is 0 Å². The fourth-order valence-electron chi connectivity index (χ4n) is 3.29. The van der Waals surface area contributed by atoms with Crippen LogP contribution in [-0.4, -0.2) is 22.1 Å². The number of hydrogen-bond donors (Lipinski definition) is 4. The molecule has 0 radical (unpaired) electrons. The van der Waals surface area contributed by atoms with Crippen molar-refractivity contribution in [1.82, 2.24) is 0 Å². The average Bonchev–Trinajstić information content (AvgIpc) is 2.67. The summed E-state index contributed by atoms with van der Waals surface area (Å²) in [6.45, 7) is 1.65. The summed E-state index contributed by atoms with van der Waals surface area (Å²) in [6.07, 6.45) is 6.54. The van der Waals surface area contributed by atoms with Crippen LogP contribution >= 0.6 is 0 Å². The molecule has 0 aliphatic heterocycles. The Hall–Kier alpha value is -3.80. The number of guanidine groups is 1. The van der Waals surface area contributed by atoms with Crippen LogP contribution in [0.15, 0.2) is 82.9 Å². The Morgan fingerprint density at radius 2 is 1.79 bits per heavy atom. The molecular formula is C23H23N3O3. The van der Waals surface area contributed by atoms with Crippen LogP contribution in [0.2, 0.25) is 0 Å². The van der Waals surface area contributed by atoms with Gasteiger partial charge in [-0.15, -0.1) is 0 Å². The van der Waals surface area contributed by atoms with Crippen LogP contribution in [0.3, 0.4) is 0 Å². The zero-order valence-electron chi connectivity index (χ0n) is 16.0. The molecule has 148 valence electrons. The second-order valence-electron chi connectivity index (χ2n) is 6.90. The fraction of sp³-hybridized carbons (Fsp3) is 0.130. The number of nitrogens with two attached hydrogens (primary N) is 2. The molecule has 1 aliphatic carbocycles. The van der Waals surface area contributed by atoms with E-state index in [2.05, 4.69) is 11.1 Å². The summed E-state index contributed by atoms with van der Waals surface area (Å²) >= 11 is 0. The predicted molar refractivity (Wildman–Crippen MR) is 114 cm³/mol. The predicted octanol–water partition coefficient (Wildman–Crippen LogP) is 3.34. The van der Waals surface area contributed by atoms with E-state index in [9.17, 15) is 15.0 Å². The van der Waals surface area contributed by atoms with Crippen molar-refractivity contribution in [3.8, 4) is 11.5 Å². The molecule has 0 aromatic heterocycles. The number of aliphatic imine (C=N–C) groups is 1. The molecule has 1 aliphatic rings. The minimum absolute atomic E-state index is 0.0466. The van der Waals surface area contributed by atoms with E-state index < -0.39 is 5.91 Å². The van der Waals surface area contributed by atoms with Gasteiger partial charge in [-0.2, -0.15) is 4.99 Å². The first-order valence-corrected chi connectivity index (χ1v) is 9.16. The van der Waals surface area contributed by atoms with Crippen LogP contribution in [-0.2, 0) is 4.79 Å². The molecule has 6 heteroatoms. The third kappa shape index (κ3) is 4.93. The Labute approximate surface area is 169 Å². The van der Waals surface area contributed by atoms with Gasteiger partial charge in [0.2, 0.25) is 0 Å². The minimum Gasteiger partial charge on any atom is -0.508 e. The lowest BCUT2D eigenvalue weighted by molar-refractivity contribution is -0.114. The van der Waals surface area contributed by atoms with Crippen LogP contribution in [0.5, 0.6) is 11.5 Å². The first-order chi connectivity index (χ1) is 13.8. The molecule has 6 N–H and O–H groups in total.